The molecule has 1 aliphatic rings. The number of likely N-dealkylation sites (N-methyl/N-ethyl adjacent to an activating group) is 1. The molecule has 0 unspecified atom stereocenters. The number of aromatic nitrogens is 1. The van der Waals surface area contributed by atoms with E-state index in [1.54, 1.807) is 7.11 Å². The van der Waals surface area contributed by atoms with Gasteiger partial charge in [0.15, 0.2) is 5.82 Å². The molecule has 7 heteroatoms. The zero-order valence-electron chi connectivity index (χ0n) is 10.6. The SMILES string of the molecule is COCCN(C)c1snc(N)c1C(=O)NC1CC1. The van der Waals surface area contributed by atoms with Crippen LogP contribution in [0.1, 0.15) is 23.2 Å². The molecule has 1 saturated carbocycles. The summed E-state index contributed by atoms with van der Waals surface area (Å²) in [4.78, 5) is 14.0. The summed E-state index contributed by atoms with van der Waals surface area (Å²) in [7, 11) is 3.55. The molecular formula is C11H18N4O2S. The average Bonchev–Trinajstić information content (AvgIpc) is 3.06. The van der Waals surface area contributed by atoms with Gasteiger partial charge < -0.3 is 20.7 Å². The largest absolute Gasteiger partial charge is 0.383 e. The molecule has 18 heavy (non-hydrogen) atoms. The van der Waals surface area contributed by atoms with Gasteiger partial charge in [0.25, 0.3) is 5.91 Å². The van der Waals surface area contributed by atoms with Gasteiger partial charge in [0.2, 0.25) is 0 Å². The molecule has 0 aliphatic heterocycles. The highest BCUT2D eigenvalue weighted by atomic mass is 32.1. The van der Waals surface area contributed by atoms with Gasteiger partial charge in [-0.25, -0.2) is 0 Å². The summed E-state index contributed by atoms with van der Waals surface area (Å²) in [5.41, 5.74) is 6.28. The van der Waals surface area contributed by atoms with Crippen molar-refractivity contribution in [3.8, 4) is 0 Å². The van der Waals surface area contributed by atoms with Gasteiger partial charge in [0, 0.05) is 26.7 Å². The van der Waals surface area contributed by atoms with Gasteiger partial charge in [-0.3, -0.25) is 4.79 Å². The molecule has 1 fully saturated rings. The number of anilines is 2. The Balaban J connectivity index is 2.11. The Labute approximate surface area is 110 Å². The summed E-state index contributed by atoms with van der Waals surface area (Å²) in [6.07, 6.45) is 2.11. The molecule has 3 N–H and O–H groups in total. The smallest absolute Gasteiger partial charge is 0.258 e. The second kappa shape index (κ2) is 5.53. The van der Waals surface area contributed by atoms with Gasteiger partial charge in [-0.1, -0.05) is 0 Å². The molecule has 100 valence electrons. The van der Waals surface area contributed by atoms with E-state index in [1.165, 1.54) is 11.5 Å². The lowest BCUT2D eigenvalue weighted by atomic mass is 10.2. The summed E-state index contributed by atoms with van der Waals surface area (Å²) in [6.45, 7) is 1.29. The molecular weight excluding hydrogens is 252 g/mol. The number of nitrogen functional groups attached to an aromatic ring is 1. The minimum absolute atomic E-state index is 0.122. The number of hydrogen-bond acceptors (Lipinski definition) is 6. The number of hydrogen-bond donors (Lipinski definition) is 2. The van der Waals surface area contributed by atoms with Gasteiger partial charge in [-0.2, -0.15) is 4.37 Å². The minimum atomic E-state index is -0.122. The van der Waals surface area contributed by atoms with E-state index >= 15 is 0 Å². The van der Waals surface area contributed by atoms with Gasteiger partial charge in [-0.15, -0.1) is 0 Å². The first-order valence-corrected chi connectivity index (χ1v) is 6.67. The predicted octanol–water partition coefficient (Wildman–Crippen LogP) is 0.700. The number of carbonyl (C=O) groups is 1. The standard InChI is InChI=1S/C11H18N4O2S/c1-15(5-6-17-2)11-8(9(12)14-18-11)10(16)13-7-3-4-7/h7H,3-6H2,1-2H3,(H2,12,14)(H,13,16). The number of rotatable bonds is 6. The van der Waals surface area contributed by atoms with Gasteiger partial charge in [0.1, 0.15) is 10.6 Å². The zero-order chi connectivity index (χ0) is 13.1. The van der Waals surface area contributed by atoms with Crippen LogP contribution in [0.3, 0.4) is 0 Å². The molecule has 0 bridgehead atoms. The molecule has 6 nitrogen and oxygen atoms in total. The molecule has 1 aromatic heterocycles. The van der Waals surface area contributed by atoms with Gasteiger partial charge >= 0.3 is 0 Å². The second-order valence-electron chi connectivity index (χ2n) is 4.41. The molecule has 0 atom stereocenters. The van der Waals surface area contributed by atoms with E-state index in [9.17, 15) is 4.79 Å². The van der Waals surface area contributed by atoms with E-state index in [0.717, 1.165) is 17.8 Å². The summed E-state index contributed by atoms with van der Waals surface area (Å²) in [5, 5.41) is 3.73. The van der Waals surface area contributed by atoms with Crippen molar-refractivity contribution in [1.82, 2.24) is 9.69 Å². The summed E-state index contributed by atoms with van der Waals surface area (Å²) in [5.74, 6) is 0.181. The first-order chi connectivity index (χ1) is 8.63. The third-order valence-corrected chi connectivity index (χ3v) is 3.79. The quantitative estimate of drug-likeness (QED) is 0.795. The molecule has 0 saturated heterocycles. The van der Waals surface area contributed by atoms with Crippen LogP contribution in [0.15, 0.2) is 0 Å². The fraction of sp³-hybridized carbons (Fsp3) is 0.636. The summed E-state index contributed by atoms with van der Waals surface area (Å²) in [6, 6.07) is 0.314. The van der Waals surface area contributed by atoms with Crippen molar-refractivity contribution >= 4 is 28.3 Å². The van der Waals surface area contributed by atoms with Crippen LogP contribution < -0.4 is 16.0 Å². The first kappa shape index (κ1) is 13.1. The Morgan fingerprint density at radius 2 is 2.39 bits per heavy atom. The third kappa shape index (κ3) is 2.91. The van der Waals surface area contributed by atoms with Crippen LogP contribution in [0.4, 0.5) is 10.8 Å². The van der Waals surface area contributed by atoms with Crippen LogP contribution in [-0.4, -0.2) is 43.6 Å². The normalized spacial score (nSPS) is 14.6. The predicted molar refractivity (Wildman–Crippen MR) is 72.2 cm³/mol. The van der Waals surface area contributed by atoms with E-state index in [-0.39, 0.29) is 5.91 Å². The highest BCUT2D eigenvalue weighted by Gasteiger charge is 2.28. The van der Waals surface area contributed by atoms with E-state index in [4.69, 9.17) is 10.5 Å². The number of methoxy groups -OCH3 is 1. The van der Waals surface area contributed by atoms with Crippen LogP contribution in [0, 0.1) is 0 Å². The fourth-order valence-corrected chi connectivity index (χ4v) is 2.38. The fourth-order valence-electron chi connectivity index (χ4n) is 1.58. The Morgan fingerprint density at radius 1 is 1.67 bits per heavy atom. The van der Waals surface area contributed by atoms with Crippen LogP contribution in [-0.2, 0) is 4.74 Å². The summed E-state index contributed by atoms with van der Waals surface area (Å²) >= 11 is 1.25. The Bertz CT molecular complexity index is 431. The van der Waals surface area contributed by atoms with E-state index in [0.29, 0.717) is 30.6 Å². The Hall–Kier alpha value is -1.34. The van der Waals surface area contributed by atoms with E-state index < -0.39 is 0 Å². The monoisotopic (exact) mass is 270 g/mol. The highest BCUT2D eigenvalue weighted by Crippen LogP contribution is 2.30. The molecule has 0 aromatic carbocycles. The highest BCUT2D eigenvalue weighted by molar-refractivity contribution is 7.11. The van der Waals surface area contributed by atoms with Crippen molar-refractivity contribution in [2.75, 3.05) is 37.9 Å². The topological polar surface area (TPSA) is 80.5 Å². The van der Waals surface area contributed by atoms with Crippen molar-refractivity contribution in [3.05, 3.63) is 5.56 Å². The van der Waals surface area contributed by atoms with Crippen molar-refractivity contribution in [2.45, 2.75) is 18.9 Å². The molecule has 2 rings (SSSR count). The Morgan fingerprint density at radius 3 is 3.00 bits per heavy atom. The molecule has 1 amide bonds. The molecule has 1 aromatic rings. The summed E-state index contributed by atoms with van der Waals surface area (Å²) < 4.78 is 9.10. The van der Waals surface area contributed by atoms with Crippen LogP contribution >= 0.6 is 11.5 Å². The maximum absolute atomic E-state index is 12.1. The maximum Gasteiger partial charge on any atom is 0.258 e. The van der Waals surface area contributed by atoms with Gasteiger partial charge in [0.05, 0.1) is 6.61 Å². The minimum Gasteiger partial charge on any atom is -0.383 e. The molecule has 0 spiro atoms. The number of amides is 1. The van der Waals surface area contributed by atoms with Crippen LogP contribution in [0.5, 0.6) is 0 Å². The maximum atomic E-state index is 12.1. The lowest BCUT2D eigenvalue weighted by Gasteiger charge is -2.17. The van der Waals surface area contributed by atoms with Gasteiger partial charge in [-0.05, 0) is 24.4 Å². The number of ether oxygens (including phenoxy) is 1. The number of nitrogens with two attached hydrogens (primary N) is 1. The van der Waals surface area contributed by atoms with Crippen molar-refractivity contribution in [2.24, 2.45) is 0 Å². The molecule has 0 radical (unpaired) electrons. The first-order valence-electron chi connectivity index (χ1n) is 5.89. The number of nitrogens with zero attached hydrogens (tertiary/aromatic N) is 2. The Kier molecular flexibility index (Phi) is 4.03. The zero-order valence-corrected chi connectivity index (χ0v) is 11.4. The van der Waals surface area contributed by atoms with Crippen LogP contribution in [0.2, 0.25) is 0 Å². The van der Waals surface area contributed by atoms with Crippen LogP contribution in [0.25, 0.3) is 0 Å². The van der Waals surface area contributed by atoms with Crippen molar-refractivity contribution < 1.29 is 9.53 Å². The van der Waals surface area contributed by atoms with E-state index in [2.05, 4.69) is 9.69 Å². The molecule has 1 heterocycles. The van der Waals surface area contributed by atoms with Crippen molar-refractivity contribution in [3.63, 3.8) is 0 Å². The third-order valence-electron chi connectivity index (χ3n) is 2.82. The second-order valence-corrected chi connectivity index (χ2v) is 5.16. The molecule has 1 aliphatic carbocycles. The van der Waals surface area contributed by atoms with E-state index in [1.807, 2.05) is 11.9 Å². The average molecular weight is 270 g/mol. The number of nitrogens with one attached hydrogen (secondary N) is 1. The van der Waals surface area contributed by atoms with Crippen molar-refractivity contribution in [1.29, 1.82) is 0 Å². The lowest BCUT2D eigenvalue weighted by molar-refractivity contribution is 0.0952. The number of carbonyl (C=O) groups excluding carboxylic acids is 1. The lowest BCUT2D eigenvalue weighted by Crippen LogP contribution is -2.29.